The molecule has 2 aromatic rings. The summed E-state index contributed by atoms with van der Waals surface area (Å²) in [5.74, 6) is 0. The van der Waals surface area contributed by atoms with Crippen LogP contribution >= 0.6 is 11.3 Å². The van der Waals surface area contributed by atoms with Crippen LogP contribution in [-0.4, -0.2) is 12.7 Å². The second-order valence-electron chi connectivity index (χ2n) is 3.64. The molecule has 0 spiro atoms. The first-order chi connectivity index (χ1) is 7.31. The number of thiophene rings is 1. The van der Waals surface area contributed by atoms with Gasteiger partial charge in [0.05, 0.1) is 0 Å². The highest BCUT2D eigenvalue weighted by Crippen LogP contribution is 2.27. The average molecular weight is 223 g/mol. The highest BCUT2D eigenvalue weighted by atomic mass is 32.1. The van der Waals surface area contributed by atoms with Crippen LogP contribution in [0, 0.1) is 0 Å². The highest BCUT2D eigenvalue weighted by Gasteiger charge is 2.10. The van der Waals surface area contributed by atoms with Crippen LogP contribution < -0.4 is 5.73 Å². The van der Waals surface area contributed by atoms with Gasteiger partial charge in [0.15, 0.2) is 0 Å². The first-order valence-electron chi connectivity index (χ1n) is 5.10. The Hall–Kier alpha value is -0.930. The second-order valence-corrected chi connectivity index (χ2v) is 4.55. The van der Waals surface area contributed by atoms with E-state index in [-0.39, 0.29) is 0 Å². The quantitative estimate of drug-likeness (QED) is 0.846. The summed E-state index contributed by atoms with van der Waals surface area (Å²) in [6.45, 7) is 0.420. The molecule has 0 radical (unpaired) electrons. The molecular weight excluding hydrogens is 209 g/mol. The Morgan fingerprint density at radius 3 is 2.93 bits per heavy atom. The average Bonchev–Trinajstić information content (AvgIpc) is 2.62. The third-order valence-corrected chi connectivity index (χ3v) is 3.49. The van der Waals surface area contributed by atoms with Gasteiger partial charge in [-0.2, -0.15) is 0 Å². The minimum absolute atomic E-state index is 0.420. The van der Waals surface area contributed by atoms with Crippen LogP contribution in [-0.2, 0) is 6.42 Å². The lowest BCUT2D eigenvalue weighted by Crippen LogP contribution is -2.11. The maximum Gasteiger partial charge on any atom is 0.105 e. The fourth-order valence-corrected chi connectivity index (χ4v) is 2.69. The third-order valence-electron chi connectivity index (χ3n) is 2.48. The molecule has 0 aliphatic rings. The van der Waals surface area contributed by atoms with Gasteiger partial charge in [0.25, 0.3) is 0 Å². The smallest absolute Gasteiger partial charge is 0.105 e. The summed E-state index contributed by atoms with van der Waals surface area (Å²) in [5, 5.41) is 3.23. The fraction of sp³-hybridized carbons (Fsp3) is 0.333. The summed E-state index contributed by atoms with van der Waals surface area (Å²) >= 11 is 1.68. The van der Waals surface area contributed by atoms with Crippen molar-refractivity contribution in [2.24, 2.45) is 5.73 Å². The Balaban J connectivity index is 2.21. The molecule has 15 heavy (non-hydrogen) atoms. The zero-order valence-electron chi connectivity index (χ0n) is 8.45. The molecule has 0 saturated carbocycles. The minimum atomic E-state index is -0.812. The van der Waals surface area contributed by atoms with Crippen LogP contribution in [0.15, 0.2) is 29.6 Å². The summed E-state index contributed by atoms with van der Waals surface area (Å²) in [6.07, 6.45) is 0.124. The van der Waals surface area contributed by atoms with Crippen molar-refractivity contribution < 1.29 is 4.39 Å². The molecule has 0 aliphatic heterocycles. The zero-order chi connectivity index (χ0) is 10.7. The van der Waals surface area contributed by atoms with E-state index < -0.39 is 6.17 Å². The van der Waals surface area contributed by atoms with Gasteiger partial charge in [-0.15, -0.1) is 11.3 Å². The molecular formula is C12H14FNS. The van der Waals surface area contributed by atoms with Crippen molar-refractivity contribution in [1.82, 2.24) is 0 Å². The topological polar surface area (TPSA) is 26.0 Å². The lowest BCUT2D eigenvalue weighted by atomic mass is 10.1. The molecule has 2 N–H and O–H groups in total. The third kappa shape index (κ3) is 2.36. The van der Waals surface area contributed by atoms with E-state index in [1.807, 2.05) is 17.5 Å². The van der Waals surface area contributed by atoms with E-state index >= 15 is 0 Å². The van der Waals surface area contributed by atoms with E-state index in [0.717, 1.165) is 5.56 Å². The monoisotopic (exact) mass is 223 g/mol. The van der Waals surface area contributed by atoms with Crippen LogP contribution in [0.4, 0.5) is 4.39 Å². The number of benzene rings is 1. The van der Waals surface area contributed by atoms with E-state index in [2.05, 4.69) is 12.1 Å². The number of alkyl halides is 1. The molecule has 80 valence electrons. The Labute approximate surface area is 92.7 Å². The molecule has 1 heterocycles. The SMILES string of the molecule is NCCC(F)Cc1csc2ccccc12. The van der Waals surface area contributed by atoms with Crippen LogP contribution in [0.3, 0.4) is 0 Å². The molecule has 0 bridgehead atoms. The van der Waals surface area contributed by atoms with Crippen molar-refractivity contribution in [1.29, 1.82) is 0 Å². The summed E-state index contributed by atoms with van der Waals surface area (Å²) in [5.41, 5.74) is 6.44. The van der Waals surface area contributed by atoms with Crippen molar-refractivity contribution in [3.05, 3.63) is 35.2 Å². The van der Waals surface area contributed by atoms with Gasteiger partial charge in [-0.3, -0.25) is 0 Å². The number of fused-ring (bicyclic) bond motifs is 1. The van der Waals surface area contributed by atoms with Gasteiger partial charge in [-0.25, -0.2) is 4.39 Å². The molecule has 1 unspecified atom stereocenters. The number of hydrogen-bond donors (Lipinski definition) is 1. The second kappa shape index (κ2) is 4.73. The lowest BCUT2D eigenvalue weighted by molar-refractivity contribution is 0.317. The Bertz CT molecular complexity index is 438. The maximum atomic E-state index is 13.4. The van der Waals surface area contributed by atoms with Gasteiger partial charge in [0.1, 0.15) is 6.17 Å². The normalized spacial score (nSPS) is 13.2. The van der Waals surface area contributed by atoms with Gasteiger partial charge in [0, 0.05) is 11.1 Å². The first kappa shape index (κ1) is 10.6. The highest BCUT2D eigenvalue weighted by molar-refractivity contribution is 7.17. The molecule has 3 heteroatoms. The molecule has 1 atom stereocenters. The summed E-state index contributed by atoms with van der Waals surface area (Å²) in [6, 6.07) is 8.13. The van der Waals surface area contributed by atoms with Crippen LogP contribution in [0.5, 0.6) is 0 Å². The van der Waals surface area contributed by atoms with Crippen molar-refractivity contribution in [2.75, 3.05) is 6.54 Å². The van der Waals surface area contributed by atoms with Crippen molar-refractivity contribution in [2.45, 2.75) is 19.0 Å². The van der Waals surface area contributed by atoms with Crippen LogP contribution in [0.2, 0.25) is 0 Å². The van der Waals surface area contributed by atoms with E-state index in [0.29, 0.717) is 19.4 Å². The van der Waals surface area contributed by atoms with E-state index in [1.165, 1.54) is 10.1 Å². The molecule has 0 aliphatic carbocycles. The number of hydrogen-bond acceptors (Lipinski definition) is 2. The molecule has 2 rings (SSSR count). The Morgan fingerprint density at radius 1 is 1.33 bits per heavy atom. The standard InChI is InChI=1S/C12H14FNS/c13-10(5-6-14)7-9-8-15-12-4-2-1-3-11(9)12/h1-4,8,10H,5-7,14H2. The lowest BCUT2D eigenvalue weighted by Gasteiger charge is -2.05. The molecule has 0 fully saturated rings. The Kier molecular flexibility index (Phi) is 3.34. The van der Waals surface area contributed by atoms with E-state index in [1.54, 1.807) is 11.3 Å². The molecule has 0 saturated heterocycles. The predicted octanol–water partition coefficient (Wildman–Crippen LogP) is 3.13. The summed E-state index contributed by atoms with van der Waals surface area (Å²) in [4.78, 5) is 0. The van der Waals surface area contributed by atoms with Gasteiger partial charge < -0.3 is 5.73 Å². The van der Waals surface area contributed by atoms with Gasteiger partial charge in [-0.1, -0.05) is 18.2 Å². The first-order valence-corrected chi connectivity index (χ1v) is 5.98. The van der Waals surface area contributed by atoms with Crippen LogP contribution in [0.1, 0.15) is 12.0 Å². The fourth-order valence-electron chi connectivity index (χ4n) is 1.71. The predicted molar refractivity (Wildman–Crippen MR) is 64.1 cm³/mol. The minimum Gasteiger partial charge on any atom is -0.330 e. The summed E-state index contributed by atoms with van der Waals surface area (Å²) in [7, 11) is 0. The molecule has 1 aromatic carbocycles. The zero-order valence-corrected chi connectivity index (χ0v) is 9.27. The van der Waals surface area contributed by atoms with Gasteiger partial charge in [-0.05, 0) is 35.4 Å². The van der Waals surface area contributed by atoms with Crippen molar-refractivity contribution >= 4 is 21.4 Å². The van der Waals surface area contributed by atoms with Crippen molar-refractivity contribution in [3.8, 4) is 0 Å². The van der Waals surface area contributed by atoms with Crippen LogP contribution in [0.25, 0.3) is 10.1 Å². The molecule has 0 amide bonds. The summed E-state index contributed by atoms with van der Waals surface area (Å²) < 4.78 is 14.6. The van der Waals surface area contributed by atoms with E-state index in [4.69, 9.17) is 5.73 Å². The molecule has 1 nitrogen and oxygen atoms in total. The molecule has 1 aromatic heterocycles. The largest absolute Gasteiger partial charge is 0.330 e. The number of rotatable bonds is 4. The van der Waals surface area contributed by atoms with Gasteiger partial charge >= 0.3 is 0 Å². The van der Waals surface area contributed by atoms with Gasteiger partial charge in [0.2, 0.25) is 0 Å². The number of halogens is 1. The van der Waals surface area contributed by atoms with Crippen molar-refractivity contribution in [3.63, 3.8) is 0 Å². The Morgan fingerprint density at radius 2 is 2.13 bits per heavy atom. The van der Waals surface area contributed by atoms with E-state index in [9.17, 15) is 4.39 Å². The number of nitrogens with two attached hydrogens (primary N) is 1. The maximum absolute atomic E-state index is 13.4.